The Balaban J connectivity index is 1.31. The number of methoxy groups -OCH3 is 1. The van der Waals surface area contributed by atoms with Gasteiger partial charge < -0.3 is 30.1 Å². The molecule has 2 aromatic carbocycles. The number of benzene rings is 2. The lowest BCUT2D eigenvalue weighted by Crippen LogP contribution is -2.49. The fourth-order valence-corrected chi connectivity index (χ4v) is 5.49. The number of aromatic nitrogens is 2. The summed E-state index contributed by atoms with van der Waals surface area (Å²) < 4.78 is 9.08. The van der Waals surface area contributed by atoms with Gasteiger partial charge in [-0.25, -0.2) is 0 Å². The van der Waals surface area contributed by atoms with Gasteiger partial charge in [0.1, 0.15) is 10.6 Å². The van der Waals surface area contributed by atoms with Crippen molar-refractivity contribution in [2.45, 2.75) is 13.3 Å². The lowest BCUT2D eigenvalue weighted by Gasteiger charge is -2.37. The molecule has 3 amide bonds. The molecular formula is C28H33N7O4S. The van der Waals surface area contributed by atoms with E-state index in [1.54, 1.807) is 20.1 Å². The highest BCUT2D eigenvalue weighted by Gasteiger charge is 2.26. The third kappa shape index (κ3) is 6.23. The standard InChI is InChI=1S/C28H33N7O4S/c1-19-26(40-32-31-19)27(37)30-23-18-21(28(38)35-11-9-29-10-12-35)5-8-24(23)33-13-15-34(16-14-33)25(36)17-20-3-6-22(39-2)7-4-20/h3-8,18,29H,9-17H2,1-2H3,(H,30,37). The number of nitrogens with zero attached hydrogens (tertiary/aromatic N) is 5. The van der Waals surface area contributed by atoms with Crippen LogP contribution in [-0.4, -0.2) is 96.6 Å². The summed E-state index contributed by atoms with van der Waals surface area (Å²) >= 11 is 1.04. The molecule has 0 unspecified atom stereocenters. The van der Waals surface area contributed by atoms with E-state index in [-0.39, 0.29) is 17.7 Å². The van der Waals surface area contributed by atoms with Crippen LogP contribution in [0.15, 0.2) is 42.5 Å². The van der Waals surface area contributed by atoms with Crippen molar-refractivity contribution in [1.82, 2.24) is 24.7 Å². The lowest BCUT2D eigenvalue weighted by molar-refractivity contribution is -0.130. The summed E-state index contributed by atoms with van der Waals surface area (Å²) in [5.74, 6) is 0.459. The smallest absolute Gasteiger partial charge is 0.269 e. The zero-order valence-corrected chi connectivity index (χ0v) is 23.5. The van der Waals surface area contributed by atoms with Crippen molar-refractivity contribution in [2.75, 3.05) is 69.7 Å². The average Bonchev–Trinajstić information content (AvgIpc) is 3.43. The summed E-state index contributed by atoms with van der Waals surface area (Å²) in [5, 5.41) is 10.2. The van der Waals surface area contributed by atoms with Gasteiger partial charge in [0.05, 0.1) is 30.6 Å². The van der Waals surface area contributed by atoms with Crippen LogP contribution in [0.1, 0.15) is 31.3 Å². The van der Waals surface area contributed by atoms with Gasteiger partial charge in [-0.3, -0.25) is 14.4 Å². The van der Waals surface area contributed by atoms with Crippen molar-refractivity contribution in [3.05, 3.63) is 64.2 Å². The molecule has 3 aromatic rings. The third-order valence-corrected chi connectivity index (χ3v) is 8.07. The molecule has 0 bridgehead atoms. The Bertz CT molecular complexity index is 1360. The first kappa shape index (κ1) is 27.5. The molecule has 2 fully saturated rings. The third-order valence-electron chi connectivity index (χ3n) is 7.24. The van der Waals surface area contributed by atoms with Gasteiger partial charge in [0.15, 0.2) is 0 Å². The molecule has 40 heavy (non-hydrogen) atoms. The Kier molecular flexibility index (Phi) is 8.56. The molecule has 11 nitrogen and oxygen atoms in total. The van der Waals surface area contributed by atoms with Crippen molar-refractivity contribution in [2.24, 2.45) is 0 Å². The van der Waals surface area contributed by atoms with Crippen molar-refractivity contribution in [3.63, 3.8) is 0 Å². The van der Waals surface area contributed by atoms with Crippen LogP contribution in [-0.2, 0) is 11.2 Å². The maximum Gasteiger partial charge on any atom is 0.269 e. The van der Waals surface area contributed by atoms with Crippen LogP contribution < -0.4 is 20.3 Å². The van der Waals surface area contributed by atoms with Crippen molar-refractivity contribution in [3.8, 4) is 5.75 Å². The maximum absolute atomic E-state index is 13.2. The topological polar surface area (TPSA) is 120 Å². The minimum Gasteiger partial charge on any atom is -0.497 e. The summed E-state index contributed by atoms with van der Waals surface area (Å²) in [6, 6.07) is 13.0. The van der Waals surface area contributed by atoms with Crippen molar-refractivity contribution >= 4 is 40.6 Å². The largest absolute Gasteiger partial charge is 0.497 e. The van der Waals surface area contributed by atoms with Crippen LogP contribution in [0.5, 0.6) is 5.75 Å². The Morgan fingerprint density at radius 2 is 1.70 bits per heavy atom. The molecule has 0 spiro atoms. The highest BCUT2D eigenvalue weighted by Crippen LogP contribution is 2.30. The van der Waals surface area contributed by atoms with Crippen LogP contribution in [0, 0.1) is 6.92 Å². The first-order chi connectivity index (χ1) is 19.4. The second-order valence-corrected chi connectivity index (χ2v) is 10.6. The van der Waals surface area contributed by atoms with E-state index in [2.05, 4.69) is 25.1 Å². The van der Waals surface area contributed by atoms with E-state index in [1.165, 1.54) is 0 Å². The molecule has 2 saturated heterocycles. The Labute approximate surface area is 237 Å². The number of nitrogens with one attached hydrogen (secondary N) is 2. The van der Waals surface area contributed by atoms with Gasteiger partial charge in [-0.2, -0.15) is 0 Å². The molecular weight excluding hydrogens is 530 g/mol. The number of ether oxygens (including phenoxy) is 1. The number of hydrogen-bond acceptors (Lipinski definition) is 9. The molecule has 2 N–H and O–H groups in total. The summed E-state index contributed by atoms with van der Waals surface area (Å²) in [4.78, 5) is 45.6. The Morgan fingerprint density at radius 3 is 2.35 bits per heavy atom. The summed E-state index contributed by atoms with van der Waals surface area (Å²) in [6.07, 6.45) is 0.330. The summed E-state index contributed by atoms with van der Waals surface area (Å²) in [5.41, 5.74) is 3.38. The Morgan fingerprint density at radius 1 is 0.975 bits per heavy atom. The number of aryl methyl sites for hydroxylation is 1. The van der Waals surface area contributed by atoms with Gasteiger partial charge in [0, 0.05) is 57.9 Å². The number of anilines is 2. The monoisotopic (exact) mass is 563 g/mol. The van der Waals surface area contributed by atoms with E-state index in [0.29, 0.717) is 67.5 Å². The molecule has 0 atom stereocenters. The molecule has 12 heteroatoms. The van der Waals surface area contributed by atoms with Crippen molar-refractivity contribution < 1.29 is 19.1 Å². The SMILES string of the molecule is COc1ccc(CC(=O)N2CCN(c3ccc(C(=O)N4CCNCC4)cc3NC(=O)c3snnc3C)CC2)cc1. The molecule has 3 heterocycles. The van der Waals surface area contributed by atoms with Crippen LogP contribution in [0.4, 0.5) is 11.4 Å². The van der Waals surface area contributed by atoms with Crippen LogP contribution in [0.2, 0.25) is 0 Å². The van der Waals surface area contributed by atoms with Gasteiger partial charge in [0.2, 0.25) is 5.91 Å². The molecule has 1 aromatic heterocycles. The normalized spacial score (nSPS) is 15.6. The van der Waals surface area contributed by atoms with Gasteiger partial charge >= 0.3 is 0 Å². The number of carbonyl (C=O) groups is 3. The van der Waals surface area contributed by atoms with Crippen LogP contribution in [0.25, 0.3) is 0 Å². The van der Waals surface area contributed by atoms with E-state index in [0.717, 1.165) is 41.6 Å². The number of rotatable bonds is 7. The van der Waals surface area contributed by atoms with Gasteiger partial charge in [-0.05, 0) is 54.4 Å². The van der Waals surface area contributed by atoms with Gasteiger partial charge in [-0.15, -0.1) is 5.10 Å². The predicted octanol–water partition coefficient (Wildman–Crippen LogP) is 2.04. The van der Waals surface area contributed by atoms with E-state index in [1.807, 2.05) is 46.2 Å². The van der Waals surface area contributed by atoms with E-state index in [9.17, 15) is 14.4 Å². The first-order valence-electron chi connectivity index (χ1n) is 13.3. The molecule has 2 aliphatic heterocycles. The maximum atomic E-state index is 13.2. The zero-order valence-electron chi connectivity index (χ0n) is 22.7. The number of hydrogen-bond donors (Lipinski definition) is 2. The number of carbonyl (C=O) groups excluding carboxylic acids is 3. The zero-order chi connectivity index (χ0) is 28.1. The highest BCUT2D eigenvalue weighted by atomic mass is 32.1. The second-order valence-electron chi connectivity index (χ2n) is 9.81. The summed E-state index contributed by atoms with van der Waals surface area (Å²) in [6.45, 7) is 6.85. The van der Waals surface area contributed by atoms with Crippen LogP contribution >= 0.6 is 11.5 Å². The molecule has 5 rings (SSSR count). The minimum atomic E-state index is -0.311. The first-order valence-corrected chi connectivity index (χ1v) is 14.1. The predicted molar refractivity (Wildman–Crippen MR) is 153 cm³/mol. The number of amides is 3. The highest BCUT2D eigenvalue weighted by molar-refractivity contribution is 7.08. The molecule has 0 saturated carbocycles. The minimum absolute atomic E-state index is 0.0619. The van der Waals surface area contributed by atoms with Crippen molar-refractivity contribution in [1.29, 1.82) is 0 Å². The van der Waals surface area contributed by atoms with Gasteiger partial charge in [-0.1, -0.05) is 16.6 Å². The van der Waals surface area contributed by atoms with E-state index in [4.69, 9.17) is 4.74 Å². The van der Waals surface area contributed by atoms with Crippen LogP contribution in [0.3, 0.4) is 0 Å². The van der Waals surface area contributed by atoms with Gasteiger partial charge in [0.25, 0.3) is 11.8 Å². The second kappa shape index (κ2) is 12.4. The molecule has 0 aliphatic carbocycles. The van der Waals surface area contributed by atoms with E-state index < -0.39 is 0 Å². The number of piperazine rings is 2. The average molecular weight is 564 g/mol. The molecule has 0 radical (unpaired) electrons. The molecule has 210 valence electrons. The Hall–Kier alpha value is -4.03. The quantitative estimate of drug-likeness (QED) is 0.448. The lowest BCUT2D eigenvalue weighted by atomic mass is 10.1. The van der Waals surface area contributed by atoms with E-state index >= 15 is 0 Å². The fraction of sp³-hybridized carbons (Fsp3) is 0.393. The summed E-state index contributed by atoms with van der Waals surface area (Å²) in [7, 11) is 1.62. The molecule has 2 aliphatic rings. The fourth-order valence-electron chi connectivity index (χ4n) is 4.94.